The van der Waals surface area contributed by atoms with Crippen LogP contribution in [-0.2, 0) is 0 Å². The zero-order chi connectivity index (χ0) is 10.8. The average molecular weight is 196 g/mol. The lowest BCUT2D eigenvalue weighted by molar-refractivity contribution is 0.711. The minimum atomic E-state index is 1.27. The van der Waals surface area contributed by atoms with Crippen LogP contribution in [0.4, 0.5) is 0 Å². The molecule has 0 aromatic carbocycles. The van der Waals surface area contributed by atoms with Gasteiger partial charge in [-0.05, 0) is 38.5 Å². The van der Waals surface area contributed by atoms with Gasteiger partial charge in [0, 0.05) is 0 Å². The molecule has 0 aromatic rings. The van der Waals surface area contributed by atoms with E-state index in [2.05, 4.69) is 27.7 Å². The van der Waals surface area contributed by atoms with Crippen molar-refractivity contribution < 1.29 is 0 Å². The second-order valence-electron chi connectivity index (χ2n) is 4.12. The smallest absolute Gasteiger partial charge is 0.0318 e. The van der Waals surface area contributed by atoms with Gasteiger partial charge < -0.3 is 0 Å². The highest BCUT2D eigenvalue weighted by Gasteiger charge is 2.02. The molecule has 0 heterocycles. The molecule has 0 unspecified atom stereocenters. The van der Waals surface area contributed by atoms with E-state index >= 15 is 0 Å². The third kappa shape index (κ3) is 5.47. The van der Waals surface area contributed by atoms with Gasteiger partial charge in [-0.25, -0.2) is 0 Å². The molecule has 84 valence electrons. The molecule has 0 spiro atoms. The van der Waals surface area contributed by atoms with E-state index in [0.717, 1.165) is 0 Å². The molecule has 0 aliphatic heterocycles. The summed E-state index contributed by atoms with van der Waals surface area (Å²) in [4.78, 5) is 0. The fourth-order valence-corrected chi connectivity index (χ4v) is 1.99. The first-order valence-corrected chi connectivity index (χ1v) is 6.49. The molecule has 14 heavy (non-hydrogen) atoms. The molecule has 0 saturated carbocycles. The predicted octanol–water partition coefficient (Wildman–Crippen LogP) is 5.48. The maximum atomic E-state index is 2.31. The molecular weight excluding hydrogens is 168 g/mol. The monoisotopic (exact) mass is 196 g/mol. The molecule has 0 radical (unpaired) electrons. The Kier molecular flexibility index (Phi) is 9.13. The number of unbranched alkanes of at least 4 members (excludes halogenated alkanes) is 2. The van der Waals surface area contributed by atoms with Gasteiger partial charge in [-0.1, -0.05) is 51.7 Å². The van der Waals surface area contributed by atoms with Gasteiger partial charge in [0.15, 0.2) is 0 Å². The Morgan fingerprint density at radius 1 is 0.643 bits per heavy atom. The van der Waals surface area contributed by atoms with Crippen LogP contribution in [0.25, 0.3) is 0 Å². The Labute approximate surface area is 90.8 Å². The van der Waals surface area contributed by atoms with Crippen molar-refractivity contribution >= 4 is 0 Å². The summed E-state index contributed by atoms with van der Waals surface area (Å²) in [5.74, 6) is 0. The fourth-order valence-electron chi connectivity index (χ4n) is 1.99. The molecule has 0 N–H and O–H groups in total. The van der Waals surface area contributed by atoms with Crippen molar-refractivity contribution in [1.29, 1.82) is 0 Å². The van der Waals surface area contributed by atoms with Crippen molar-refractivity contribution in [3.63, 3.8) is 0 Å². The second kappa shape index (κ2) is 9.30. The highest BCUT2D eigenvalue weighted by molar-refractivity contribution is 5.13. The third-order valence-electron chi connectivity index (χ3n) is 3.02. The molecule has 0 aliphatic rings. The predicted molar refractivity (Wildman–Crippen MR) is 66.7 cm³/mol. The SMILES string of the molecule is CCCCC(CC)=C(CC)CCCC. The van der Waals surface area contributed by atoms with Gasteiger partial charge in [-0.2, -0.15) is 0 Å². The molecule has 0 atom stereocenters. The van der Waals surface area contributed by atoms with Crippen LogP contribution in [0.1, 0.15) is 79.1 Å². The Bertz CT molecular complexity index is 135. The summed E-state index contributed by atoms with van der Waals surface area (Å²) in [5, 5.41) is 0. The van der Waals surface area contributed by atoms with Crippen molar-refractivity contribution in [2.24, 2.45) is 0 Å². The second-order valence-corrected chi connectivity index (χ2v) is 4.12. The van der Waals surface area contributed by atoms with Crippen molar-refractivity contribution in [2.75, 3.05) is 0 Å². The van der Waals surface area contributed by atoms with Gasteiger partial charge in [0.25, 0.3) is 0 Å². The number of allylic oxidation sites excluding steroid dienone is 2. The Hall–Kier alpha value is -0.260. The zero-order valence-corrected chi connectivity index (χ0v) is 10.7. The van der Waals surface area contributed by atoms with Crippen LogP contribution < -0.4 is 0 Å². The van der Waals surface area contributed by atoms with Gasteiger partial charge in [0.05, 0.1) is 0 Å². The van der Waals surface area contributed by atoms with Crippen molar-refractivity contribution in [3.8, 4) is 0 Å². The third-order valence-corrected chi connectivity index (χ3v) is 3.02. The number of rotatable bonds is 8. The first-order chi connectivity index (χ1) is 6.79. The summed E-state index contributed by atoms with van der Waals surface area (Å²) < 4.78 is 0. The molecule has 0 aromatic heterocycles. The van der Waals surface area contributed by atoms with E-state index in [1.807, 2.05) is 0 Å². The van der Waals surface area contributed by atoms with Gasteiger partial charge in [-0.3, -0.25) is 0 Å². The van der Waals surface area contributed by atoms with Crippen LogP contribution in [0.2, 0.25) is 0 Å². The molecule has 0 heteroatoms. The van der Waals surface area contributed by atoms with E-state index in [9.17, 15) is 0 Å². The van der Waals surface area contributed by atoms with Crippen LogP contribution >= 0.6 is 0 Å². The van der Waals surface area contributed by atoms with Crippen molar-refractivity contribution in [2.45, 2.75) is 79.1 Å². The van der Waals surface area contributed by atoms with Crippen LogP contribution in [0.15, 0.2) is 11.1 Å². The lowest BCUT2D eigenvalue weighted by Gasteiger charge is -2.12. The summed E-state index contributed by atoms with van der Waals surface area (Å²) in [6, 6.07) is 0. The molecule has 0 saturated heterocycles. The molecule has 0 amide bonds. The molecule has 0 bridgehead atoms. The van der Waals surface area contributed by atoms with Crippen molar-refractivity contribution in [3.05, 3.63) is 11.1 Å². The number of hydrogen-bond acceptors (Lipinski definition) is 0. The topological polar surface area (TPSA) is 0 Å². The Morgan fingerprint density at radius 3 is 1.21 bits per heavy atom. The molecule has 0 rings (SSSR count). The van der Waals surface area contributed by atoms with Gasteiger partial charge in [-0.15, -0.1) is 0 Å². The largest absolute Gasteiger partial charge is 0.0713 e. The van der Waals surface area contributed by atoms with E-state index in [1.54, 1.807) is 11.1 Å². The number of hydrogen-bond donors (Lipinski definition) is 0. The van der Waals surface area contributed by atoms with Crippen molar-refractivity contribution in [1.82, 2.24) is 0 Å². The Balaban J connectivity index is 4.22. The summed E-state index contributed by atoms with van der Waals surface area (Å²) >= 11 is 0. The normalized spacial score (nSPS) is 12.9. The van der Waals surface area contributed by atoms with Crippen LogP contribution in [0.3, 0.4) is 0 Å². The van der Waals surface area contributed by atoms with E-state index < -0.39 is 0 Å². The minimum Gasteiger partial charge on any atom is -0.0713 e. The quantitative estimate of drug-likeness (QED) is 0.451. The van der Waals surface area contributed by atoms with E-state index in [-0.39, 0.29) is 0 Å². The Morgan fingerprint density at radius 2 is 1.00 bits per heavy atom. The fraction of sp³-hybridized carbons (Fsp3) is 0.857. The molecule has 0 aliphatic carbocycles. The van der Waals surface area contributed by atoms with Crippen LogP contribution in [0.5, 0.6) is 0 Å². The average Bonchev–Trinajstić information content (AvgIpc) is 2.23. The van der Waals surface area contributed by atoms with Crippen LogP contribution in [0, 0.1) is 0 Å². The lowest BCUT2D eigenvalue weighted by atomic mass is 9.94. The highest BCUT2D eigenvalue weighted by atomic mass is 14.1. The standard InChI is InChI=1S/C14H28/c1-5-9-11-13(7-3)14(8-4)12-10-6-2/h5-12H2,1-4H3. The maximum absolute atomic E-state index is 2.31. The highest BCUT2D eigenvalue weighted by Crippen LogP contribution is 2.22. The van der Waals surface area contributed by atoms with Gasteiger partial charge in [0.1, 0.15) is 0 Å². The summed E-state index contributed by atoms with van der Waals surface area (Å²) in [5.41, 5.74) is 3.51. The van der Waals surface area contributed by atoms with Gasteiger partial charge >= 0.3 is 0 Å². The molecule has 0 fully saturated rings. The maximum Gasteiger partial charge on any atom is -0.0318 e. The summed E-state index contributed by atoms with van der Waals surface area (Å²) in [6.07, 6.45) is 10.6. The summed E-state index contributed by atoms with van der Waals surface area (Å²) in [7, 11) is 0. The lowest BCUT2D eigenvalue weighted by Crippen LogP contribution is -1.92. The first-order valence-electron chi connectivity index (χ1n) is 6.49. The van der Waals surface area contributed by atoms with Crippen LogP contribution in [-0.4, -0.2) is 0 Å². The van der Waals surface area contributed by atoms with E-state index in [4.69, 9.17) is 0 Å². The van der Waals surface area contributed by atoms with E-state index in [1.165, 1.54) is 51.4 Å². The zero-order valence-electron chi connectivity index (χ0n) is 10.7. The minimum absolute atomic E-state index is 1.27. The first kappa shape index (κ1) is 13.7. The van der Waals surface area contributed by atoms with E-state index in [0.29, 0.717) is 0 Å². The van der Waals surface area contributed by atoms with Gasteiger partial charge in [0.2, 0.25) is 0 Å². The molecular formula is C14H28. The molecule has 0 nitrogen and oxygen atoms in total. The summed E-state index contributed by atoms with van der Waals surface area (Å²) in [6.45, 7) is 9.19.